The van der Waals surface area contributed by atoms with Gasteiger partial charge in [-0.15, -0.1) is 0 Å². The van der Waals surface area contributed by atoms with E-state index < -0.39 is 6.10 Å². The van der Waals surface area contributed by atoms with Crippen LogP contribution in [0.3, 0.4) is 0 Å². The van der Waals surface area contributed by atoms with Crippen molar-refractivity contribution in [3.8, 4) is 11.5 Å². The number of aliphatic imine (C=N–C) groups is 1. The third-order valence-corrected chi connectivity index (χ3v) is 3.23. The first-order valence-corrected chi connectivity index (χ1v) is 6.78. The number of aliphatic hydroxyl groups excluding tert-OH is 1. The van der Waals surface area contributed by atoms with Crippen LogP contribution in [0.5, 0.6) is 11.5 Å². The lowest BCUT2D eigenvalue weighted by molar-refractivity contribution is 0.187. The van der Waals surface area contributed by atoms with E-state index in [-0.39, 0.29) is 12.3 Å². The van der Waals surface area contributed by atoms with Crippen LogP contribution in [0.4, 0.5) is 0 Å². The number of halogens is 1. The van der Waals surface area contributed by atoms with Crippen LogP contribution < -0.4 is 4.74 Å². The lowest BCUT2D eigenvalue weighted by Crippen LogP contribution is -2.01. The molecule has 1 atom stereocenters. The van der Waals surface area contributed by atoms with Gasteiger partial charge in [0, 0.05) is 16.8 Å². The van der Waals surface area contributed by atoms with E-state index in [0.29, 0.717) is 10.6 Å². The number of rotatable bonds is 5. The minimum Gasteiger partial charge on any atom is -0.507 e. The molecule has 0 aromatic heterocycles. The van der Waals surface area contributed by atoms with E-state index in [4.69, 9.17) is 16.3 Å². The number of aliphatic hydroxyl groups is 1. The van der Waals surface area contributed by atoms with Crippen molar-refractivity contribution in [2.24, 2.45) is 4.99 Å². The number of nitrogens with zero attached hydrogens (tertiary/aromatic N) is 1. The maximum Gasteiger partial charge on any atom is 0.124 e. The van der Waals surface area contributed by atoms with Gasteiger partial charge in [-0.25, -0.2) is 0 Å². The Morgan fingerprint density at radius 2 is 1.95 bits per heavy atom. The van der Waals surface area contributed by atoms with Crippen molar-refractivity contribution in [2.45, 2.75) is 6.10 Å². The number of hydrogen-bond donors (Lipinski definition) is 2. The minimum absolute atomic E-state index is 0.0992. The Bertz CT molecular complexity index is 626. The van der Waals surface area contributed by atoms with Crippen molar-refractivity contribution < 1.29 is 14.9 Å². The lowest BCUT2D eigenvalue weighted by atomic mass is 10.1. The van der Waals surface area contributed by atoms with Crippen LogP contribution in [0.2, 0.25) is 5.02 Å². The van der Waals surface area contributed by atoms with Gasteiger partial charge in [-0.05, 0) is 35.9 Å². The van der Waals surface area contributed by atoms with Crippen LogP contribution in [0, 0.1) is 0 Å². The molecule has 0 saturated heterocycles. The van der Waals surface area contributed by atoms with Crippen LogP contribution in [0.15, 0.2) is 47.5 Å². The number of benzene rings is 2. The van der Waals surface area contributed by atoms with Crippen molar-refractivity contribution in [3.63, 3.8) is 0 Å². The number of aromatic hydroxyl groups is 1. The molecule has 0 saturated carbocycles. The van der Waals surface area contributed by atoms with Crippen molar-refractivity contribution in [1.82, 2.24) is 0 Å². The second-order valence-corrected chi connectivity index (χ2v) is 4.92. The highest BCUT2D eigenvalue weighted by molar-refractivity contribution is 6.30. The molecule has 0 radical (unpaired) electrons. The summed E-state index contributed by atoms with van der Waals surface area (Å²) in [5.41, 5.74) is 1.27. The molecule has 21 heavy (non-hydrogen) atoms. The molecule has 2 rings (SSSR count). The molecule has 1 unspecified atom stereocenters. The van der Waals surface area contributed by atoms with Crippen molar-refractivity contribution in [3.05, 3.63) is 58.6 Å². The van der Waals surface area contributed by atoms with Crippen LogP contribution in [-0.4, -0.2) is 30.1 Å². The number of hydrogen-bond acceptors (Lipinski definition) is 4. The highest BCUT2D eigenvalue weighted by Gasteiger charge is 2.06. The molecular formula is C16H16ClNO3. The Hall–Kier alpha value is -2.04. The molecule has 0 aliphatic heterocycles. The van der Waals surface area contributed by atoms with Gasteiger partial charge in [-0.3, -0.25) is 4.99 Å². The summed E-state index contributed by atoms with van der Waals surface area (Å²) in [5.74, 6) is 0.834. The maximum atomic E-state index is 10.0. The van der Waals surface area contributed by atoms with Gasteiger partial charge in [-0.1, -0.05) is 23.7 Å². The summed E-state index contributed by atoms with van der Waals surface area (Å²) < 4.78 is 5.06. The van der Waals surface area contributed by atoms with Crippen molar-refractivity contribution in [1.29, 1.82) is 0 Å². The average molecular weight is 306 g/mol. The summed E-state index contributed by atoms with van der Waals surface area (Å²) in [6.45, 7) is 0.193. The molecule has 0 heterocycles. The van der Waals surface area contributed by atoms with E-state index in [1.165, 1.54) is 12.3 Å². The number of phenols is 1. The molecule has 0 aliphatic rings. The first kappa shape index (κ1) is 15.4. The summed E-state index contributed by atoms with van der Waals surface area (Å²) >= 11 is 5.85. The number of phenolic OH excluding ortho intramolecular Hbond substituents is 1. The summed E-state index contributed by atoms with van der Waals surface area (Å²) in [5, 5.41) is 20.2. The van der Waals surface area contributed by atoms with Gasteiger partial charge < -0.3 is 14.9 Å². The van der Waals surface area contributed by atoms with Crippen LogP contribution in [0.25, 0.3) is 0 Å². The predicted molar refractivity (Wildman–Crippen MR) is 83.5 cm³/mol. The highest BCUT2D eigenvalue weighted by atomic mass is 35.5. The smallest absolute Gasteiger partial charge is 0.124 e. The zero-order valence-electron chi connectivity index (χ0n) is 11.5. The molecule has 2 N–H and O–H groups in total. The predicted octanol–water partition coefficient (Wildman–Crippen LogP) is 3.21. The standard InChI is InChI=1S/C16H16ClNO3/c1-21-14-5-2-11(3-6-14)16(20)10-18-9-12-8-13(17)4-7-15(12)19/h2-9,16,19-20H,10H2,1H3. The third-order valence-electron chi connectivity index (χ3n) is 3.00. The van der Waals surface area contributed by atoms with E-state index in [2.05, 4.69) is 4.99 Å². The van der Waals surface area contributed by atoms with Gasteiger partial charge in [0.05, 0.1) is 19.8 Å². The monoisotopic (exact) mass is 305 g/mol. The third kappa shape index (κ3) is 4.21. The topological polar surface area (TPSA) is 62.0 Å². The Labute approximate surface area is 128 Å². The van der Waals surface area contributed by atoms with Crippen molar-refractivity contribution >= 4 is 17.8 Å². The normalized spacial score (nSPS) is 12.5. The zero-order chi connectivity index (χ0) is 15.2. The van der Waals surface area contributed by atoms with E-state index in [1.54, 1.807) is 43.5 Å². The average Bonchev–Trinajstić information content (AvgIpc) is 2.50. The van der Waals surface area contributed by atoms with E-state index in [0.717, 1.165) is 11.3 Å². The van der Waals surface area contributed by atoms with Gasteiger partial charge in [0.2, 0.25) is 0 Å². The first-order valence-electron chi connectivity index (χ1n) is 6.40. The van der Waals surface area contributed by atoms with Crippen LogP contribution in [0.1, 0.15) is 17.2 Å². The molecule has 0 bridgehead atoms. The molecule has 5 heteroatoms. The fourth-order valence-corrected chi connectivity index (χ4v) is 1.99. The van der Waals surface area contributed by atoms with Gasteiger partial charge in [0.15, 0.2) is 0 Å². The highest BCUT2D eigenvalue weighted by Crippen LogP contribution is 2.20. The second-order valence-electron chi connectivity index (χ2n) is 4.49. The van der Waals surface area contributed by atoms with Crippen molar-refractivity contribution in [2.75, 3.05) is 13.7 Å². The fraction of sp³-hybridized carbons (Fsp3) is 0.188. The maximum absolute atomic E-state index is 10.0. The molecule has 2 aromatic rings. The Morgan fingerprint density at radius 3 is 2.62 bits per heavy atom. The van der Waals surface area contributed by atoms with E-state index in [9.17, 15) is 10.2 Å². The van der Waals surface area contributed by atoms with Gasteiger partial charge in [0.25, 0.3) is 0 Å². The molecule has 0 amide bonds. The lowest BCUT2D eigenvalue weighted by Gasteiger charge is -2.09. The number of methoxy groups -OCH3 is 1. The Balaban J connectivity index is 2.00. The second kappa shape index (κ2) is 7.11. The molecule has 110 valence electrons. The quantitative estimate of drug-likeness (QED) is 0.834. The molecule has 0 fully saturated rings. The minimum atomic E-state index is -0.714. The van der Waals surface area contributed by atoms with Crippen LogP contribution >= 0.6 is 11.6 Å². The van der Waals surface area contributed by atoms with Gasteiger partial charge in [-0.2, -0.15) is 0 Å². The Kier molecular flexibility index (Phi) is 5.20. The summed E-state index contributed by atoms with van der Waals surface area (Å²) in [6.07, 6.45) is 0.780. The van der Waals surface area contributed by atoms with Gasteiger partial charge >= 0.3 is 0 Å². The SMILES string of the molecule is COc1ccc(C(O)CN=Cc2cc(Cl)ccc2O)cc1. The zero-order valence-corrected chi connectivity index (χ0v) is 12.3. The first-order chi connectivity index (χ1) is 10.1. The van der Waals surface area contributed by atoms with E-state index in [1.807, 2.05) is 0 Å². The van der Waals surface area contributed by atoms with Gasteiger partial charge in [0.1, 0.15) is 11.5 Å². The molecular weight excluding hydrogens is 290 g/mol. The molecule has 0 aliphatic carbocycles. The largest absolute Gasteiger partial charge is 0.507 e. The van der Waals surface area contributed by atoms with Crippen LogP contribution in [-0.2, 0) is 0 Å². The Morgan fingerprint density at radius 1 is 1.24 bits per heavy atom. The summed E-state index contributed by atoms with van der Waals surface area (Å²) in [4.78, 5) is 4.14. The molecule has 0 spiro atoms. The fourth-order valence-electron chi connectivity index (χ4n) is 1.81. The molecule has 2 aromatic carbocycles. The summed E-state index contributed by atoms with van der Waals surface area (Å²) in [7, 11) is 1.59. The van der Waals surface area contributed by atoms with E-state index >= 15 is 0 Å². The summed E-state index contributed by atoms with van der Waals surface area (Å²) in [6, 6.07) is 11.9. The number of ether oxygens (including phenoxy) is 1. The molecule has 4 nitrogen and oxygen atoms in total.